The number of carbonyl (C=O) groups is 1. The zero-order chi connectivity index (χ0) is 14.7. The number of pyridine rings is 1. The van der Waals surface area contributed by atoms with E-state index in [1.54, 1.807) is 23.7 Å². The van der Waals surface area contributed by atoms with Gasteiger partial charge < -0.3 is 10.2 Å². The Labute approximate surface area is 128 Å². The van der Waals surface area contributed by atoms with Gasteiger partial charge in [0.15, 0.2) is 0 Å². The zero-order valence-corrected chi connectivity index (χ0v) is 12.8. The Morgan fingerprint density at radius 2 is 2.48 bits per heavy atom. The topological polar surface area (TPSA) is 58.1 Å². The Balaban J connectivity index is 1.68. The first-order valence-electron chi connectivity index (χ1n) is 7.09. The van der Waals surface area contributed by atoms with E-state index in [1.807, 2.05) is 22.4 Å². The van der Waals surface area contributed by atoms with Crippen LogP contribution in [0.25, 0.3) is 10.6 Å². The van der Waals surface area contributed by atoms with Crippen molar-refractivity contribution in [3.8, 4) is 10.6 Å². The van der Waals surface area contributed by atoms with Gasteiger partial charge in [0.1, 0.15) is 5.01 Å². The molecule has 110 valence electrons. The van der Waals surface area contributed by atoms with Gasteiger partial charge >= 0.3 is 0 Å². The Bertz CT molecular complexity index is 613. The van der Waals surface area contributed by atoms with Crippen LogP contribution in [-0.4, -0.2) is 46.5 Å². The number of carbonyl (C=O) groups excluding carboxylic acids is 1. The van der Waals surface area contributed by atoms with Gasteiger partial charge in [-0.15, -0.1) is 11.3 Å². The highest BCUT2D eigenvalue weighted by Crippen LogP contribution is 2.23. The number of amides is 1. The monoisotopic (exact) mass is 302 g/mol. The van der Waals surface area contributed by atoms with Gasteiger partial charge in [-0.05, 0) is 19.1 Å². The third-order valence-corrected chi connectivity index (χ3v) is 4.55. The predicted molar refractivity (Wildman–Crippen MR) is 83.1 cm³/mol. The summed E-state index contributed by atoms with van der Waals surface area (Å²) in [7, 11) is 0. The Kier molecular flexibility index (Phi) is 4.26. The molecule has 1 atom stereocenters. The third-order valence-electron chi connectivity index (χ3n) is 3.61. The Hall–Kier alpha value is -1.79. The van der Waals surface area contributed by atoms with Gasteiger partial charge in [-0.25, -0.2) is 4.98 Å². The fourth-order valence-electron chi connectivity index (χ4n) is 2.48. The van der Waals surface area contributed by atoms with E-state index in [9.17, 15) is 4.79 Å². The quantitative estimate of drug-likeness (QED) is 0.935. The average Bonchev–Trinajstić information content (AvgIpc) is 2.97. The lowest BCUT2D eigenvalue weighted by Gasteiger charge is -2.33. The normalized spacial score (nSPS) is 18.7. The van der Waals surface area contributed by atoms with Crippen molar-refractivity contribution < 1.29 is 4.79 Å². The molecular formula is C15H18N4OS. The highest BCUT2D eigenvalue weighted by Gasteiger charge is 2.23. The molecule has 1 fully saturated rings. The molecule has 1 amide bonds. The number of rotatable bonds is 3. The molecule has 1 aliphatic rings. The summed E-state index contributed by atoms with van der Waals surface area (Å²) >= 11 is 1.56. The van der Waals surface area contributed by atoms with Crippen molar-refractivity contribution in [1.29, 1.82) is 0 Å². The zero-order valence-electron chi connectivity index (χ0n) is 12.0. The summed E-state index contributed by atoms with van der Waals surface area (Å²) in [6.07, 6.45) is 3.91. The Morgan fingerprint density at radius 3 is 3.24 bits per heavy atom. The lowest BCUT2D eigenvalue weighted by Crippen LogP contribution is -2.52. The number of thiazole rings is 1. The van der Waals surface area contributed by atoms with Gasteiger partial charge in [0, 0.05) is 49.0 Å². The van der Waals surface area contributed by atoms with Crippen LogP contribution < -0.4 is 5.32 Å². The van der Waals surface area contributed by atoms with E-state index in [4.69, 9.17) is 0 Å². The largest absolute Gasteiger partial charge is 0.337 e. The lowest BCUT2D eigenvalue weighted by molar-refractivity contribution is -0.133. The molecule has 6 heteroatoms. The highest BCUT2D eigenvalue weighted by atomic mass is 32.1. The van der Waals surface area contributed by atoms with Gasteiger partial charge in [-0.1, -0.05) is 0 Å². The molecule has 2 aromatic heterocycles. The van der Waals surface area contributed by atoms with Crippen LogP contribution >= 0.6 is 11.3 Å². The fraction of sp³-hybridized carbons (Fsp3) is 0.400. The van der Waals surface area contributed by atoms with Crippen molar-refractivity contribution in [3.05, 3.63) is 35.6 Å². The minimum Gasteiger partial charge on any atom is -0.337 e. The molecule has 0 spiro atoms. The molecule has 21 heavy (non-hydrogen) atoms. The first-order chi connectivity index (χ1) is 10.2. The van der Waals surface area contributed by atoms with E-state index < -0.39 is 0 Å². The number of nitrogens with zero attached hydrogens (tertiary/aromatic N) is 3. The molecule has 0 aliphatic carbocycles. The van der Waals surface area contributed by atoms with E-state index in [0.717, 1.165) is 35.9 Å². The van der Waals surface area contributed by atoms with Crippen LogP contribution in [0.3, 0.4) is 0 Å². The van der Waals surface area contributed by atoms with Crippen molar-refractivity contribution in [1.82, 2.24) is 20.2 Å². The summed E-state index contributed by atoms with van der Waals surface area (Å²) in [5, 5.41) is 6.18. The van der Waals surface area contributed by atoms with Crippen molar-refractivity contribution >= 4 is 17.2 Å². The van der Waals surface area contributed by atoms with E-state index in [1.165, 1.54) is 0 Å². The molecule has 3 heterocycles. The fourth-order valence-corrected chi connectivity index (χ4v) is 3.29. The first-order valence-corrected chi connectivity index (χ1v) is 7.97. The summed E-state index contributed by atoms with van der Waals surface area (Å²) in [6, 6.07) is 4.13. The van der Waals surface area contributed by atoms with Gasteiger partial charge in [0.25, 0.3) is 0 Å². The van der Waals surface area contributed by atoms with E-state index >= 15 is 0 Å². The number of nitrogens with one attached hydrogen (secondary N) is 1. The summed E-state index contributed by atoms with van der Waals surface area (Å²) in [6.45, 7) is 4.59. The molecule has 0 aromatic carbocycles. The molecular weight excluding hydrogens is 284 g/mol. The molecule has 1 unspecified atom stereocenters. The maximum absolute atomic E-state index is 12.4. The van der Waals surface area contributed by atoms with Crippen LogP contribution in [0.4, 0.5) is 0 Å². The second-order valence-corrected chi connectivity index (χ2v) is 6.06. The van der Waals surface area contributed by atoms with E-state index in [2.05, 4.69) is 22.2 Å². The SMILES string of the molecule is CC1CNCCN1C(=O)Cc1csc(-c2cccnc2)n1. The second-order valence-electron chi connectivity index (χ2n) is 5.20. The molecule has 0 radical (unpaired) electrons. The van der Waals surface area contributed by atoms with Crippen LogP contribution in [0.5, 0.6) is 0 Å². The second kappa shape index (κ2) is 6.32. The first kappa shape index (κ1) is 14.2. The predicted octanol–water partition coefficient (Wildman–Crippen LogP) is 1.57. The molecule has 0 saturated carbocycles. The summed E-state index contributed by atoms with van der Waals surface area (Å²) in [4.78, 5) is 23.0. The number of piperazine rings is 1. The molecule has 3 rings (SSSR count). The van der Waals surface area contributed by atoms with Crippen molar-refractivity contribution in [2.45, 2.75) is 19.4 Å². The number of aromatic nitrogens is 2. The number of hydrogen-bond donors (Lipinski definition) is 1. The smallest absolute Gasteiger partial charge is 0.228 e. The van der Waals surface area contributed by atoms with Crippen LogP contribution in [0.2, 0.25) is 0 Å². The highest BCUT2D eigenvalue weighted by molar-refractivity contribution is 7.13. The minimum atomic E-state index is 0.159. The maximum Gasteiger partial charge on any atom is 0.228 e. The third kappa shape index (κ3) is 3.28. The summed E-state index contributed by atoms with van der Waals surface area (Å²) in [5.41, 5.74) is 1.84. The molecule has 1 saturated heterocycles. The molecule has 1 aliphatic heterocycles. The van der Waals surface area contributed by atoms with Gasteiger partial charge in [-0.2, -0.15) is 0 Å². The van der Waals surface area contributed by atoms with E-state index in [-0.39, 0.29) is 11.9 Å². The van der Waals surface area contributed by atoms with Crippen molar-refractivity contribution in [2.24, 2.45) is 0 Å². The molecule has 1 N–H and O–H groups in total. The van der Waals surface area contributed by atoms with Crippen molar-refractivity contribution in [2.75, 3.05) is 19.6 Å². The molecule has 0 bridgehead atoms. The molecule has 5 nitrogen and oxygen atoms in total. The summed E-state index contributed by atoms with van der Waals surface area (Å²) < 4.78 is 0. The van der Waals surface area contributed by atoms with Crippen LogP contribution in [0.15, 0.2) is 29.9 Å². The van der Waals surface area contributed by atoms with Gasteiger partial charge in [0.2, 0.25) is 5.91 Å². The summed E-state index contributed by atoms with van der Waals surface area (Å²) in [5.74, 6) is 0.159. The average molecular weight is 302 g/mol. The lowest BCUT2D eigenvalue weighted by atomic mass is 10.2. The van der Waals surface area contributed by atoms with Crippen LogP contribution in [0.1, 0.15) is 12.6 Å². The standard InChI is InChI=1S/C15H18N4OS/c1-11-8-17-5-6-19(11)14(20)7-13-10-21-15(18-13)12-3-2-4-16-9-12/h2-4,9-11,17H,5-8H2,1H3. The van der Waals surface area contributed by atoms with Crippen molar-refractivity contribution in [3.63, 3.8) is 0 Å². The minimum absolute atomic E-state index is 0.159. The van der Waals surface area contributed by atoms with Gasteiger partial charge in [0.05, 0.1) is 12.1 Å². The van der Waals surface area contributed by atoms with Crippen LogP contribution in [0, 0.1) is 0 Å². The molecule has 2 aromatic rings. The maximum atomic E-state index is 12.4. The number of hydrogen-bond acceptors (Lipinski definition) is 5. The van der Waals surface area contributed by atoms with Gasteiger partial charge in [-0.3, -0.25) is 9.78 Å². The van der Waals surface area contributed by atoms with E-state index in [0.29, 0.717) is 6.42 Å². The van der Waals surface area contributed by atoms with Crippen LogP contribution in [-0.2, 0) is 11.2 Å². The Morgan fingerprint density at radius 1 is 1.57 bits per heavy atom.